The highest BCUT2D eigenvalue weighted by atomic mass is 16.5. The summed E-state index contributed by atoms with van der Waals surface area (Å²) in [6, 6.07) is 2.54. The van der Waals surface area contributed by atoms with Crippen molar-refractivity contribution in [3.63, 3.8) is 0 Å². The number of ether oxygens (including phenoxy) is 2. The third-order valence-electron chi connectivity index (χ3n) is 9.02. The standard InChI is InChI=1S/C33H49N5O6/c1-8-21(4)28(36(5)6)31(40)35-24(18-20(2)3)32(41)38-17-14-27-29(38)33(42)37-16-9-10-25(37)30(39)34-15-13-22-19-23(44-27)11-12-26(22)43-7/h11-13,15,19-21,24-25,27-29H,8-10,14,16-18H2,1-7H3,(H,34,39)(H,35,40)/b15-13+/t21-,24-,25-,27-,28-,29-/m0/s1. The first-order chi connectivity index (χ1) is 21.0. The molecule has 3 aliphatic rings. The van der Waals surface area contributed by atoms with Crippen LogP contribution in [0.2, 0.25) is 0 Å². The second-order valence-corrected chi connectivity index (χ2v) is 12.8. The number of rotatable bonds is 9. The Bertz CT molecular complexity index is 1250. The molecule has 2 N–H and O–H groups in total. The molecule has 4 amide bonds. The second kappa shape index (κ2) is 14.5. The van der Waals surface area contributed by atoms with Crippen LogP contribution in [0.1, 0.15) is 65.4 Å². The van der Waals surface area contributed by atoms with Gasteiger partial charge in [-0.1, -0.05) is 34.1 Å². The number of benzene rings is 1. The van der Waals surface area contributed by atoms with Gasteiger partial charge >= 0.3 is 0 Å². The molecule has 0 spiro atoms. The van der Waals surface area contributed by atoms with E-state index in [1.807, 2.05) is 46.7 Å². The van der Waals surface area contributed by atoms with Gasteiger partial charge in [-0.15, -0.1) is 0 Å². The molecule has 2 bridgehead atoms. The normalized spacial score (nSPS) is 24.6. The summed E-state index contributed by atoms with van der Waals surface area (Å²) in [6.07, 6.45) is 5.54. The van der Waals surface area contributed by atoms with Gasteiger partial charge in [0.15, 0.2) is 0 Å². The number of methoxy groups -OCH3 is 1. The summed E-state index contributed by atoms with van der Waals surface area (Å²) in [7, 11) is 5.31. The average molecular weight is 612 g/mol. The Labute approximate surface area is 261 Å². The predicted octanol–water partition coefficient (Wildman–Crippen LogP) is 2.64. The van der Waals surface area contributed by atoms with Crippen molar-refractivity contribution >= 4 is 29.7 Å². The van der Waals surface area contributed by atoms with Gasteiger partial charge in [0.05, 0.1) is 13.2 Å². The second-order valence-electron chi connectivity index (χ2n) is 12.8. The van der Waals surface area contributed by atoms with Gasteiger partial charge in [0.1, 0.15) is 35.7 Å². The van der Waals surface area contributed by atoms with Crippen LogP contribution in [0.4, 0.5) is 0 Å². The molecule has 2 fully saturated rings. The highest BCUT2D eigenvalue weighted by Crippen LogP contribution is 2.32. The van der Waals surface area contributed by atoms with Crippen molar-refractivity contribution in [3.05, 3.63) is 30.0 Å². The third-order valence-corrected chi connectivity index (χ3v) is 9.02. The number of fused-ring (bicyclic) bond motifs is 4. The number of nitrogens with one attached hydrogen (secondary N) is 2. The summed E-state index contributed by atoms with van der Waals surface area (Å²) in [5.74, 6) is 0.245. The Hall–Kier alpha value is -3.60. The lowest BCUT2D eigenvalue weighted by atomic mass is 9.96. The molecule has 11 nitrogen and oxygen atoms in total. The van der Waals surface area contributed by atoms with E-state index in [9.17, 15) is 19.2 Å². The Kier molecular flexibility index (Phi) is 10.9. The van der Waals surface area contributed by atoms with Crippen molar-refractivity contribution < 1.29 is 28.7 Å². The lowest BCUT2D eigenvalue weighted by molar-refractivity contribution is -0.150. The zero-order valence-corrected chi connectivity index (χ0v) is 27.2. The van der Waals surface area contributed by atoms with E-state index in [4.69, 9.17) is 9.47 Å². The first-order valence-corrected chi connectivity index (χ1v) is 15.9. The van der Waals surface area contributed by atoms with E-state index >= 15 is 0 Å². The van der Waals surface area contributed by atoms with Crippen LogP contribution >= 0.6 is 0 Å². The molecule has 11 heteroatoms. The van der Waals surface area contributed by atoms with E-state index in [2.05, 4.69) is 10.6 Å². The lowest BCUT2D eigenvalue weighted by Crippen LogP contribution is -2.60. The number of hydrogen-bond acceptors (Lipinski definition) is 7. The average Bonchev–Trinajstić information content (AvgIpc) is 3.63. The van der Waals surface area contributed by atoms with Crippen molar-refractivity contribution in [3.8, 4) is 11.5 Å². The molecular weight excluding hydrogens is 562 g/mol. The smallest absolute Gasteiger partial charge is 0.249 e. The molecule has 44 heavy (non-hydrogen) atoms. The number of hydrogen-bond donors (Lipinski definition) is 2. The van der Waals surface area contributed by atoms with Crippen molar-refractivity contribution in [1.29, 1.82) is 0 Å². The topological polar surface area (TPSA) is 121 Å². The first kappa shape index (κ1) is 33.3. The molecule has 0 radical (unpaired) electrons. The molecule has 242 valence electrons. The van der Waals surface area contributed by atoms with E-state index < -0.39 is 30.3 Å². The number of carbonyl (C=O) groups excluding carboxylic acids is 4. The van der Waals surface area contributed by atoms with Crippen molar-refractivity contribution in [2.45, 2.75) is 90.1 Å². The van der Waals surface area contributed by atoms with Gasteiger partial charge in [0.25, 0.3) is 0 Å². The molecule has 3 aliphatic heterocycles. The van der Waals surface area contributed by atoms with Crippen LogP contribution in [-0.2, 0) is 19.2 Å². The lowest BCUT2D eigenvalue weighted by Gasteiger charge is -2.36. The van der Waals surface area contributed by atoms with E-state index in [-0.39, 0.29) is 35.5 Å². The molecule has 4 rings (SSSR count). The maximum atomic E-state index is 14.4. The molecule has 1 aromatic carbocycles. The summed E-state index contributed by atoms with van der Waals surface area (Å²) in [5.41, 5.74) is 0.707. The largest absolute Gasteiger partial charge is 0.496 e. The molecule has 0 aliphatic carbocycles. The van der Waals surface area contributed by atoms with Gasteiger partial charge < -0.3 is 29.9 Å². The van der Waals surface area contributed by atoms with Gasteiger partial charge in [-0.3, -0.25) is 24.1 Å². The predicted molar refractivity (Wildman–Crippen MR) is 168 cm³/mol. The highest BCUT2D eigenvalue weighted by Gasteiger charge is 2.49. The fourth-order valence-corrected chi connectivity index (χ4v) is 6.68. The highest BCUT2D eigenvalue weighted by molar-refractivity contribution is 5.96. The Morgan fingerprint density at radius 3 is 2.57 bits per heavy atom. The molecule has 1 aromatic rings. The zero-order chi connectivity index (χ0) is 32.1. The SMILES string of the molecule is CC[C@H](C)[C@@H](C(=O)N[C@@H](CC(C)C)C(=O)N1CC[C@@H]2Oc3ccc(OC)c(c3)/C=C/NC(=O)[C@@H]3CCCN3C(=O)[C@H]21)N(C)C. The van der Waals surface area contributed by atoms with Crippen molar-refractivity contribution in [2.24, 2.45) is 11.8 Å². The Morgan fingerprint density at radius 2 is 1.91 bits per heavy atom. The van der Waals surface area contributed by atoms with Crippen molar-refractivity contribution in [2.75, 3.05) is 34.3 Å². The Balaban J connectivity index is 1.69. The first-order valence-electron chi connectivity index (χ1n) is 15.9. The summed E-state index contributed by atoms with van der Waals surface area (Å²) in [6.45, 7) is 8.79. The summed E-state index contributed by atoms with van der Waals surface area (Å²) < 4.78 is 11.9. The number of carbonyl (C=O) groups is 4. The van der Waals surface area contributed by atoms with Crippen LogP contribution in [0.15, 0.2) is 24.4 Å². The van der Waals surface area contributed by atoms with Gasteiger partial charge in [0, 0.05) is 31.3 Å². The Morgan fingerprint density at radius 1 is 1.16 bits per heavy atom. The molecular formula is C33H49N5O6. The van der Waals surface area contributed by atoms with E-state index in [0.717, 1.165) is 6.42 Å². The van der Waals surface area contributed by atoms with Crippen LogP contribution in [0.5, 0.6) is 11.5 Å². The number of likely N-dealkylation sites (tertiary alicyclic amines) is 1. The van der Waals surface area contributed by atoms with Crippen LogP contribution in [0, 0.1) is 11.8 Å². The maximum Gasteiger partial charge on any atom is 0.249 e. The molecule has 2 saturated heterocycles. The van der Waals surface area contributed by atoms with E-state index in [1.54, 1.807) is 47.4 Å². The van der Waals surface area contributed by atoms with Gasteiger partial charge in [-0.2, -0.15) is 0 Å². The van der Waals surface area contributed by atoms with Gasteiger partial charge in [-0.05, 0) is 69.5 Å². The molecule has 6 atom stereocenters. The zero-order valence-electron chi connectivity index (χ0n) is 27.2. The van der Waals surface area contributed by atoms with Crippen LogP contribution in [0.3, 0.4) is 0 Å². The number of nitrogens with zero attached hydrogens (tertiary/aromatic N) is 3. The van der Waals surface area contributed by atoms with Gasteiger partial charge in [0.2, 0.25) is 23.6 Å². The maximum absolute atomic E-state index is 14.4. The molecule has 0 aromatic heterocycles. The minimum Gasteiger partial charge on any atom is -0.496 e. The summed E-state index contributed by atoms with van der Waals surface area (Å²) in [5, 5.41) is 5.88. The third kappa shape index (κ3) is 7.20. The molecule has 3 heterocycles. The minimum absolute atomic E-state index is 0.0865. The minimum atomic E-state index is -0.944. The van der Waals surface area contributed by atoms with E-state index in [1.165, 1.54) is 0 Å². The quantitative estimate of drug-likeness (QED) is 0.441. The fraction of sp³-hybridized carbons (Fsp3) is 0.636. The van der Waals surface area contributed by atoms with Crippen LogP contribution in [0.25, 0.3) is 6.08 Å². The summed E-state index contributed by atoms with van der Waals surface area (Å²) in [4.78, 5) is 60.5. The molecule has 0 unspecified atom stereocenters. The summed E-state index contributed by atoms with van der Waals surface area (Å²) >= 11 is 0. The van der Waals surface area contributed by atoms with Crippen LogP contribution in [-0.4, -0.2) is 103 Å². The van der Waals surface area contributed by atoms with Crippen LogP contribution < -0.4 is 20.1 Å². The number of likely N-dealkylation sites (N-methyl/N-ethyl adjacent to an activating group) is 1. The van der Waals surface area contributed by atoms with E-state index in [0.29, 0.717) is 55.8 Å². The van der Waals surface area contributed by atoms with Gasteiger partial charge in [-0.25, -0.2) is 0 Å². The molecule has 0 saturated carbocycles. The monoisotopic (exact) mass is 611 g/mol. The van der Waals surface area contributed by atoms with Crippen molar-refractivity contribution in [1.82, 2.24) is 25.3 Å². The fourth-order valence-electron chi connectivity index (χ4n) is 6.68. The number of amides is 4.